The monoisotopic (exact) mass is 313 g/mol. The highest BCUT2D eigenvalue weighted by molar-refractivity contribution is 5.84. The normalized spacial score (nSPS) is 13.1. The van der Waals surface area contributed by atoms with E-state index < -0.39 is 5.54 Å². The number of Topliss-reactive ketones (excluding diaryl/α,β-unsaturated/α-hetero) is 1. The number of carbonyl (C=O) groups is 2. The van der Waals surface area contributed by atoms with E-state index in [9.17, 15) is 9.59 Å². The molecule has 0 heterocycles. The van der Waals surface area contributed by atoms with E-state index in [1.165, 1.54) is 6.92 Å². The van der Waals surface area contributed by atoms with Crippen LogP contribution in [0.5, 0.6) is 0 Å². The molecule has 0 aromatic heterocycles. The zero-order valence-corrected chi connectivity index (χ0v) is 15.8. The van der Waals surface area contributed by atoms with Crippen molar-refractivity contribution in [3.8, 4) is 0 Å². The van der Waals surface area contributed by atoms with Gasteiger partial charge in [0.05, 0.1) is 17.7 Å². The molecule has 0 aromatic rings. The Bertz CT molecular complexity index is 384. The highest BCUT2D eigenvalue weighted by Gasteiger charge is 2.30. The molecule has 0 unspecified atom stereocenters. The van der Waals surface area contributed by atoms with Crippen LogP contribution in [0.4, 0.5) is 0 Å². The van der Waals surface area contributed by atoms with Crippen LogP contribution >= 0.6 is 0 Å². The Morgan fingerprint density at radius 2 is 1.55 bits per heavy atom. The third-order valence-corrected chi connectivity index (χ3v) is 3.92. The van der Waals surface area contributed by atoms with Crippen LogP contribution in [0.2, 0.25) is 0 Å². The Hall–Kier alpha value is -0.900. The molecule has 4 nitrogen and oxygen atoms in total. The molecule has 130 valence electrons. The molecule has 0 fully saturated rings. The van der Waals surface area contributed by atoms with Crippen LogP contribution in [0.1, 0.15) is 81.1 Å². The van der Waals surface area contributed by atoms with Crippen molar-refractivity contribution in [3.05, 3.63) is 0 Å². The molecular weight excluding hydrogens is 278 g/mol. The Labute approximate surface area is 136 Å². The molecule has 0 aliphatic carbocycles. The second kappa shape index (κ2) is 8.09. The van der Waals surface area contributed by atoms with Gasteiger partial charge in [0, 0.05) is 18.8 Å². The molecule has 0 aliphatic heterocycles. The van der Waals surface area contributed by atoms with Crippen molar-refractivity contribution in [2.24, 2.45) is 5.41 Å². The summed E-state index contributed by atoms with van der Waals surface area (Å²) in [6.45, 7) is 15.9. The van der Waals surface area contributed by atoms with E-state index in [2.05, 4.69) is 12.2 Å². The smallest absolute Gasteiger partial charge is 0.217 e. The van der Waals surface area contributed by atoms with Gasteiger partial charge in [-0.2, -0.15) is 0 Å². The Balaban J connectivity index is 4.41. The minimum absolute atomic E-state index is 0.0668. The molecule has 1 N–H and O–H groups in total. The lowest BCUT2D eigenvalue weighted by Crippen LogP contribution is -2.48. The summed E-state index contributed by atoms with van der Waals surface area (Å²) >= 11 is 0. The van der Waals surface area contributed by atoms with Crippen molar-refractivity contribution < 1.29 is 14.3 Å². The molecule has 1 amide bonds. The summed E-state index contributed by atoms with van der Waals surface area (Å²) in [7, 11) is 0. The van der Waals surface area contributed by atoms with Gasteiger partial charge in [0.1, 0.15) is 5.78 Å². The SMILES string of the molecule is CCCC(C)(C)C(=O)CCC(C)(C)OCC(C)(C)NC(C)=O. The number of rotatable bonds is 10. The van der Waals surface area contributed by atoms with E-state index in [0.717, 1.165) is 12.8 Å². The highest BCUT2D eigenvalue weighted by Crippen LogP contribution is 2.28. The third-order valence-electron chi connectivity index (χ3n) is 3.92. The molecule has 0 aromatic carbocycles. The molecule has 0 saturated carbocycles. The molecule has 0 rings (SSSR count). The van der Waals surface area contributed by atoms with Crippen molar-refractivity contribution in [2.75, 3.05) is 6.61 Å². The molecular formula is C18H35NO3. The van der Waals surface area contributed by atoms with Gasteiger partial charge < -0.3 is 10.1 Å². The van der Waals surface area contributed by atoms with Gasteiger partial charge in [0.15, 0.2) is 0 Å². The third kappa shape index (κ3) is 8.52. The summed E-state index contributed by atoms with van der Waals surface area (Å²) in [5.41, 5.74) is -1.04. The van der Waals surface area contributed by atoms with Crippen molar-refractivity contribution >= 4 is 11.7 Å². The van der Waals surface area contributed by atoms with Gasteiger partial charge in [0.2, 0.25) is 5.91 Å². The van der Waals surface area contributed by atoms with Crippen LogP contribution in [0.25, 0.3) is 0 Å². The summed E-state index contributed by atoms with van der Waals surface area (Å²) in [6.07, 6.45) is 3.15. The van der Waals surface area contributed by atoms with Crippen LogP contribution in [-0.4, -0.2) is 29.4 Å². The molecule has 0 spiro atoms. The number of hydrogen-bond acceptors (Lipinski definition) is 3. The van der Waals surface area contributed by atoms with Crippen molar-refractivity contribution in [2.45, 2.75) is 92.2 Å². The van der Waals surface area contributed by atoms with Crippen molar-refractivity contribution in [1.29, 1.82) is 0 Å². The van der Waals surface area contributed by atoms with Crippen LogP contribution < -0.4 is 5.32 Å². The van der Waals surface area contributed by atoms with E-state index in [-0.39, 0.29) is 16.9 Å². The second-order valence-corrected chi connectivity index (χ2v) is 8.17. The maximum atomic E-state index is 12.3. The number of nitrogens with one attached hydrogen (secondary N) is 1. The van der Waals surface area contributed by atoms with Crippen LogP contribution in [0.15, 0.2) is 0 Å². The predicted octanol–water partition coefficient (Wildman–Crippen LogP) is 3.87. The fraction of sp³-hybridized carbons (Fsp3) is 0.889. The average molecular weight is 313 g/mol. The zero-order chi connectivity index (χ0) is 17.6. The van der Waals surface area contributed by atoms with E-state index in [1.807, 2.05) is 41.5 Å². The maximum absolute atomic E-state index is 12.3. The summed E-state index contributed by atoms with van der Waals surface area (Å²) < 4.78 is 5.95. The number of hydrogen-bond donors (Lipinski definition) is 1. The van der Waals surface area contributed by atoms with E-state index in [4.69, 9.17) is 4.74 Å². The second-order valence-electron chi connectivity index (χ2n) is 8.17. The first-order chi connectivity index (χ1) is 9.81. The summed E-state index contributed by atoms with van der Waals surface area (Å²) in [4.78, 5) is 23.5. The Morgan fingerprint density at radius 1 is 1.00 bits per heavy atom. The summed E-state index contributed by atoms with van der Waals surface area (Å²) in [5, 5.41) is 2.87. The quantitative estimate of drug-likeness (QED) is 0.666. The van der Waals surface area contributed by atoms with Gasteiger partial charge in [0.25, 0.3) is 0 Å². The van der Waals surface area contributed by atoms with Crippen molar-refractivity contribution in [3.63, 3.8) is 0 Å². The van der Waals surface area contributed by atoms with Crippen LogP contribution in [0, 0.1) is 5.41 Å². The number of ether oxygens (including phenoxy) is 1. The molecule has 0 bridgehead atoms. The first-order valence-electron chi connectivity index (χ1n) is 8.27. The molecule has 0 saturated heterocycles. The van der Waals surface area contributed by atoms with Gasteiger partial charge in [-0.15, -0.1) is 0 Å². The van der Waals surface area contributed by atoms with Crippen molar-refractivity contribution in [1.82, 2.24) is 5.32 Å². The van der Waals surface area contributed by atoms with Crippen LogP contribution in [-0.2, 0) is 14.3 Å². The lowest BCUT2D eigenvalue weighted by molar-refractivity contribution is -0.129. The first kappa shape index (κ1) is 21.1. The summed E-state index contributed by atoms with van der Waals surface area (Å²) in [6, 6.07) is 0. The van der Waals surface area contributed by atoms with E-state index >= 15 is 0 Å². The fourth-order valence-corrected chi connectivity index (χ4v) is 2.48. The molecule has 0 radical (unpaired) electrons. The molecule has 0 aliphatic rings. The number of amides is 1. The molecule has 4 heteroatoms. The Kier molecular flexibility index (Phi) is 7.76. The topological polar surface area (TPSA) is 55.4 Å². The van der Waals surface area contributed by atoms with E-state index in [1.54, 1.807) is 0 Å². The van der Waals surface area contributed by atoms with Gasteiger partial charge >= 0.3 is 0 Å². The minimum Gasteiger partial charge on any atom is -0.373 e. The molecule has 22 heavy (non-hydrogen) atoms. The molecule has 0 atom stereocenters. The minimum atomic E-state index is -0.408. The lowest BCUT2D eigenvalue weighted by Gasteiger charge is -2.33. The Morgan fingerprint density at radius 3 is 2.00 bits per heavy atom. The maximum Gasteiger partial charge on any atom is 0.217 e. The number of ketones is 1. The largest absolute Gasteiger partial charge is 0.373 e. The van der Waals surface area contributed by atoms with Gasteiger partial charge in [-0.25, -0.2) is 0 Å². The van der Waals surface area contributed by atoms with E-state index in [0.29, 0.717) is 25.2 Å². The summed E-state index contributed by atoms with van der Waals surface area (Å²) in [5.74, 6) is 0.232. The lowest BCUT2D eigenvalue weighted by atomic mass is 9.80. The first-order valence-corrected chi connectivity index (χ1v) is 8.27. The van der Waals surface area contributed by atoms with Gasteiger partial charge in [-0.3, -0.25) is 9.59 Å². The fourth-order valence-electron chi connectivity index (χ4n) is 2.48. The standard InChI is InChI=1S/C18H35NO3/c1-9-11-16(3,4)15(21)10-12-18(7,8)22-13-17(5,6)19-14(2)20/h9-13H2,1-8H3,(H,19,20). The average Bonchev–Trinajstić information content (AvgIpc) is 2.32. The zero-order valence-electron chi connectivity index (χ0n) is 15.8. The number of carbonyl (C=O) groups excluding carboxylic acids is 2. The van der Waals surface area contributed by atoms with Crippen LogP contribution in [0.3, 0.4) is 0 Å². The predicted molar refractivity (Wildman–Crippen MR) is 90.9 cm³/mol. The highest BCUT2D eigenvalue weighted by atomic mass is 16.5. The van der Waals surface area contributed by atoms with Gasteiger partial charge in [-0.05, 0) is 40.5 Å². The van der Waals surface area contributed by atoms with Gasteiger partial charge in [-0.1, -0.05) is 27.2 Å².